The molecule has 0 fully saturated rings. The third-order valence-electron chi connectivity index (χ3n) is 4.13. The number of halogens is 3. The van der Waals surface area contributed by atoms with Gasteiger partial charge in [-0.15, -0.1) is 0 Å². The number of rotatable bonds is 3. The number of fused-ring (bicyclic) bond motifs is 1. The van der Waals surface area contributed by atoms with Crippen LogP contribution < -0.4 is 11.4 Å². The number of carbonyl (C=O) groups is 1. The number of carbonyl (C=O) groups excluding carboxylic acids is 1. The molecule has 4 rings (SSSR count). The van der Waals surface area contributed by atoms with Crippen LogP contribution in [0, 0.1) is 0 Å². The van der Waals surface area contributed by atoms with Crippen LogP contribution in [0.2, 0.25) is 10.0 Å². The smallest absolute Gasteiger partial charge is 0.332 e. The van der Waals surface area contributed by atoms with Crippen LogP contribution in [0.5, 0.6) is 5.75 Å². The molecule has 0 unspecified atom stereocenters. The van der Waals surface area contributed by atoms with Crippen LogP contribution in [0.4, 0.5) is 0 Å². The first-order valence-electron chi connectivity index (χ1n) is 8.03. The molecule has 8 nitrogen and oxygen atoms in total. The first-order chi connectivity index (χ1) is 13.8. The number of benzene rings is 2. The Morgan fingerprint density at radius 3 is 2.59 bits per heavy atom. The van der Waals surface area contributed by atoms with Gasteiger partial charge in [0, 0.05) is 4.47 Å². The van der Waals surface area contributed by atoms with Gasteiger partial charge in [0.2, 0.25) is 0 Å². The maximum atomic E-state index is 12.6. The molecule has 0 spiro atoms. The van der Waals surface area contributed by atoms with E-state index in [0.29, 0.717) is 15.2 Å². The van der Waals surface area contributed by atoms with Crippen LogP contribution in [-0.4, -0.2) is 30.5 Å². The Morgan fingerprint density at radius 1 is 1.14 bits per heavy atom. The molecule has 0 aliphatic carbocycles. The van der Waals surface area contributed by atoms with E-state index in [0.717, 1.165) is 0 Å². The highest BCUT2D eigenvalue weighted by Gasteiger charge is 2.21. The maximum absolute atomic E-state index is 12.6. The molecule has 2 heterocycles. The Kier molecular flexibility index (Phi) is 4.81. The van der Waals surface area contributed by atoms with Crippen LogP contribution in [0.15, 0.2) is 45.7 Å². The lowest BCUT2D eigenvalue weighted by Crippen LogP contribution is -2.15. The van der Waals surface area contributed by atoms with Gasteiger partial charge in [-0.3, -0.25) is 4.79 Å². The number of aromatic nitrogens is 4. The van der Waals surface area contributed by atoms with Crippen molar-refractivity contribution in [1.82, 2.24) is 19.5 Å². The van der Waals surface area contributed by atoms with Gasteiger partial charge in [-0.05, 0) is 36.4 Å². The monoisotopic (exact) mass is 493 g/mol. The predicted molar refractivity (Wildman–Crippen MR) is 113 cm³/mol. The molecule has 2 aromatic carbocycles. The number of amides is 1. The van der Waals surface area contributed by atoms with Gasteiger partial charge in [0.1, 0.15) is 11.3 Å². The van der Waals surface area contributed by atoms with Crippen molar-refractivity contribution in [3.8, 4) is 22.8 Å². The molecule has 0 bridgehead atoms. The molecule has 146 valence electrons. The number of nitrogens with zero attached hydrogens (tertiary/aromatic N) is 3. The summed E-state index contributed by atoms with van der Waals surface area (Å²) in [7, 11) is 0. The summed E-state index contributed by atoms with van der Waals surface area (Å²) in [5, 5.41) is 10.8. The van der Waals surface area contributed by atoms with E-state index in [1.165, 1.54) is 22.8 Å². The molecule has 0 aliphatic rings. The van der Waals surface area contributed by atoms with E-state index in [1.54, 1.807) is 18.2 Å². The van der Waals surface area contributed by atoms with Gasteiger partial charge in [0.25, 0.3) is 5.91 Å². The molecule has 29 heavy (non-hydrogen) atoms. The Morgan fingerprint density at radius 2 is 1.90 bits per heavy atom. The van der Waals surface area contributed by atoms with Crippen molar-refractivity contribution in [3.63, 3.8) is 0 Å². The second kappa shape index (κ2) is 7.18. The standard InChI is InChI=1S/C18H10BrCl2N5O3/c19-7-1-4-12(27)9(5-7)16-23-13(15(22)28)14-17(25-16)26(18(29)24-14)8-2-3-10(20)11(21)6-8/h1-6,27H,(H2,22,28)(H,24,29). The minimum atomic E-state index is -0.865. The van der Waals surface area contributed by atoms with Gasteiger partial charge >= 0.3 is 5.69 Å². The lowest BCUT2D eigenvalue weighted by Gasteiger charge is -2.08. The lowest BCUT2D eigenvalue weighted by molar-refractivity contribution is 0.0997. The van der Waals surface area contributed by atoms with E-state index >= 15 is 0 Å². The minimum Gasteiger partial charge on any atom is -0.507 e. The number of imidazole rings is 1. The molecular weight excluding hydrogens is 485 g/mol. The highest BCUT2D eigenvalue weighted by atomic mass is 79.9. The van der Waals surface area contributed by atoms with Gasteiger partial charge in [-0.2, -0.15) is 0 Å². The summed E-state index contributed by atoms with van der Waals surface area (Å²) in [6, 6.07) is 9.25. The molecule has 4 aromatic rings. The summed E-state index contributed by atoms with van der Waals surface area (Å²) in [4.78, 5) is 35.7. The van der Waals surface area contributed by atoms with Crippen molar-refractivity contribution in [2.45, 2.75) is 0 Å². The molecule has 0 saturated heterocycles. The fraction of sp³-hybridized carbons (Fsp3) is 0. The second-order valence-corrected chi connectivity index (χ2v) is 7.71. The van der Waals surface area contributed by atoms with Crippen molar-refractivity contribution in [2.24, 2.45) is 5.73 Å². The first-order valence-corrected chi connectivity index (χ1v) is 9.58. The zero-order valence-corrected chi connectivity index (χ0v) is 17.4. The summed E-state index contributed by atoms with van der Waals surface area (Å²) in [5.41, 5.74) is 5.46. The summed E-state index contributed by atoms with van der Waals surface area (Å²) < 4.78 is 1.87. The van der Waals surface area contributed by atoms with E-state index in [2.05, 4.69) is 30.9 Å². The van der Waals surface area contributed by atoms with Crippen LogP contribution in [0.3, 0.4) is 0 Å². The SMILES string of the molecule is NC(=O)c1nc(-c2cc(Br)ccc2O)nc2c1[nH]c(=O)n2-c1ccc(Cl)c(Cl)c1. The van der Waals surface area contributed by atoms with Gasteiger partial charge in [-0.25, -0.2) is 19.3 Å². The zero-order valence-electron chi connectivity index (χ0n) is 14.3. The average molecular weight is 495 g/mol. The van der Waals surface area contributed by atoms with Gasteiger partial charge < -0.3 is 15.8 Å². The zero-order chi connectivity index (χ0) is 20.9. The number of phenolic OH excluding ortho intramolecular Hbond substituents is 1. The van der Waals surface area contributed by atoms with Crippen LogP contribution in [0.25, 0.3) is 28.2 Å². The summed E-state index contributed by atoms with van der Waals surface area (Å²) in [5.74, 6) is -0.962. The fourth-order valence-electron chi connectivity index (χ4n) is 2.83. The van der Waals surface area contributed by atoms with Crippen molar-refractivity contribution in [2.75, 3.05) is 0 Å². The molecule has 0 radical (unpaired) electrons. The number of aromatic hydroxyl groups is 1. The maximum Gasteiger partial charge on any atom is 0.332 e. The number of nitrogens with two attached hydrogens (primary N) is 1. The molecule has 4 N–H and O–H groups in total. The molecule has 0 atom stereocenters. The minimum absolute atomic E-state index is 0.0120. The third kappa shape index (κ3) is 3.37. The van der Waals surface area contributed by atoms with Gasteiger partial charge in [0.15, 0.2) is 17.2 Å². The highest BCUT2D eigenvalue weighted by molar-refractivity contribution is 9.10. The van der Waals surface area contributed by atoms with E-state index < -0.39 is 11.6 Å². The topological polar surface area (TPSA) is 127 Å². The quantitative estimate of drug-likeness (QED) is 0.400. The van der Waals surface area contributed by atoms with Crippen molar-refractivity contribution >= 4 is 56.2 Å². The van der Waals surface area contributed by atoms with Crippen LogP contribution >= 0.6 is 39.1 Å². The fourth-order valence-corrected chi connectivity index (χ4v) is 3.49. The molecule has 2 aromatic heterocycles. The first kappa shape index (κ1) is 19.4. The van der Waals surface area contributed by atoms with E-state index in [-0.39, 0.29) is 39.0 Å². The summed E-state index contributed by atoms with van der Waals surface area (Å²) in [6.45, 7) is 0. The van der Waals surface area contributed by atoms with E-state index in [9.17, 15) is 14.7 Å². The summed E-state index contributed by atoms with van der Waals surface area (Å²) in [6.07, 6.45) is 0. The Hall–Kier alpha value is -2.88. The highest BCUT2D eigenvalue weighted by Crippen LogP contribution is 2.31. The normalized spacial score (nSPS) is 11.1. The van der Waals surface area contributed by atoms with E-state index in [1.807, 2.05) is 0 Å². The Labute approximate surface area is 181 Å². The van der Waals surface area contributed by atoms with Crippen molar-refractivity contribution in [1.29, 1.82) is 0 Å². The molecule has 11 heteroatoms. The van der Waals surface area contributed by atoms with Crippen molar-refractivity contribution in [3.05, 3.63) is 67.1 Å². The lowest BCUT2D eigenvalue weighted by atomic mass is 10.2. The number of phenols is 1. The van der Waals surface area contributed by atoms with E-state index in [4.69, 9.17) is 28.9 Å². The number of nitrogens with one attached hydrogen (secondary N) is 1. The average Bonchev–Trinajstić information content (AvgIpc) is 3.00. The Balaban J connectivity index is 2.09. The van der Waals surface area contributed by atoms with Gasteiger partial charge in [-0.1, -0.05) is 39.1 Å². The molecule has 1 amide bonds. The molecular formula is C18H10BrCl2N5O3. The third-order valence-corrected chi connectivity index (χ3v) is 5.36. The predicted octanol–water partition coefficient (Wildman–Crippen LogP) is 3.65. The van der Waals surface area contributed by atoms with Crippen LogP contribution in [-0.2, 0) is 0 Å². The largest absolute Gasteiger partial charge is 0.507 e. The number of hydrogen-bond acceptors (Lipinski definition) is 5. The van der Waals surface area contributed by atoms with Crippen LogP contribution in [0.1, 0.15) is 10.5 Å². The van der Waals surface area contributed by atoms with Gasteiger partial charge in [0.05, 0.1) is 21.3 Å². The molecule has 0 aliphatic heterocycles. The summed E-state index contributed by atoms with van der Waals surface area (Å²) >= 11 is 15.4. The second-order valence-electron chi connectivity index (χ2n) is 5.98. The Bertz CT molecular complexity index is 1370. The molecule has 0 saturated carbocycles. The number of primary amides is 1. The number of hydrogen-bond donors (Lipinski definition) is 3. The number of aromatic amines is 1. The van der Waals surface area contributed by atoms with Crippen molar-refractivity contribution < 1.29 is 9.90 Å². The number of H-pyrrole nitrogens is 1.